The average Bonchev–Trinajstić information content (AvgIpc) is 3.19. The Bertz CT molecular complexity index is 1130. The monoisotopic (exact) mass is 414 g/mol. The van der Waals surface area contributed by atoms with Gasteiger partial charge in [-0.15, -0.1) is 11.3 Å². The van der Waals surface area contributed by atoms with Crippen molar-refractivity contribution in [3.63, 3.8) is 0 Å². The third kappa shape index (κ3) is 4.19. The van der Waals surface area contributed by atoms with Gasteiger partial charge in [0.2, 0.25) is 5.91 Å². The van der Waals surface area contributed by atoms with Crippen LogP contribution in [0.4, 0.5) is 10.1 Å². The zero-order chi connectivity index (χ0) is 20.4. The van der Waals surface area contributed by atoms with E-state index in [-0.39, 0.29) is 29.3 Å². The standard InChI is InChI=1S/C20H19FN4O3S/c21-14-8-13(19(27)24-5-2-1-3-6-24)9-15(10-14)23-17(26)11-25-12-22-16-4-7-29-18(16)20(25)28/h4,7-10,12H,1-3,5-6,11H2,(H,23,26). The highest BCUT2D eigenvalue weighted by Gasteiger charge is 2.19. The molecular formula is C20H19FN4O3S. The molecule has 7 nitrogen and oxygen atoms in total. The van der Waals surface area contributed by atoms with Crippen molar-refractivity contribution in [1.29, 1.82) is 0 Å². The number of rotatable bonds is 4. The fourth-order valence-electron chi connectivity index (χ4n) is 3.41. The van der Waals surface area contributed by atoms with Gasteiger partial charge in [0, 0.05) is 24.3 Å². The van der Waals surface area contributed by atoms with Gasteiger partial charge in [-0.25, -0.2) is 9.37 Å². The number of hydrogen-bond donors (Lipinski definition) is 1. The average molecular weight is 414 g/mol. The van der Waals surface area contributed by atoms with Gasteiger partial charge in [0.25, 0.3) is 11.5 Å². The van der Waals surface area contributed by atoms with Gasteiger partial charge in [-0.2, -0.15) is 0 Å². The second kappa shape index (κ2) is 8.12. The summed E-state index contributed by atoms with van der Waals surface area (Å²) in [5, 5.41) is 4.33. The Hall–Kier alpha value is -3.07. The first-order valence-corrected chi connectivity index (χ1v) is 10.2. The number of halogens is 1. The number of piperidine rings is 1. The Kier molecular flexibility index (Phi) is 5.39. The van der Waals surface area contributed by atoms with Gasteiger partial charge in [0.1, 0.15) is 17.1 Å². The highest BCUT2D eigenvalue weighted by atomic mass is 32.1. The van der Waals surface area contributed by atoms with E-state index in [0.29, 0.717) is 23.3 Å². The Labute approximate surface area is 169 Å². The smallest absolute Gasteiger partial charge is 0.271 e. The highest BCUT2D eigenvalue weighted by molar-refractivity contribution is 7.17. The number of nitrogens with one attached hydrogen (secondary N) is 1. The molecule has 1 aromatic carbocycles. The summed E-state index contributed by atoms with van der Waals surface area (Å²) >= 11 is 1.26. The van der Waals surface area contributed by atoms with Gasteiger partial charge in [0.05, 0.1) is 11.8 Å². The number of amides is 2. The lowest BCUT2D eigenvalue weighted by Crippen LogP contribution is -2.35. The van der Waals surface area contributed by atoms with Crippen LogP contribution < -0.4 is 10.9 Å². The molecule has 0 aliphatic carbocycles. The van der Waals surface area contributed by atoms with Crippen molar-refractivity contribution in [1.82, 2.24) is 14.5 Å². The maximum Gasteiger partial charge on any atom is 0.271 e. The van der Waals surface area contributed by atoms with Crippen LogP contribution in [0.3, 0.4) is 0 Å². The lowest BCUT2D eigenvalue weighted by atomic mass is 10.1. The first-order valence-electron chi connectivity index (χ1n) is 9.33. The van der Waals surface area contributed by atoms with Crippen LogP contribution in [0.15, 0.2) is 40.8 Å². The van der Waals surface area contributed by atoms with Gasteiger partial charge in [0.15, 0.2) is 0 Å². The number of benzene rings is 1. The predicted molar refractivity (Wildman–Crippen MR) is 109 cm³/mol. The van der Waals surface area contributed by atoms with Crippen LogP contribution in [-0.4, -0.2) is 39.4 Å². The van der Waals surface area contributed by atoms with E-state index >= 15 is 0 Å². The Morgan fingerprint density at radius 1 is 1.17 bits per heavy atom. The van der Waals surface area contributed by atoms with Gasteiger partial charge < -0.3 is 10.2 Å². The maximum atomic E-state index is 14.0. The molecule has 4 rings (SSSR count). The second-order valence-corrected chi connectivity index (χ2v) is 7.86. The minimum absolute atomic E-state index is 0.175. The molecule has 0 spiro atoms. The largest absolute Gasteiger partial charge is 0.339 e. The molecule has 1 N–H and O–H groups in total. The lowest BCUT2D eigenvalue weighted by Gasteiger charge is -2.26. The molecule has 1 fully saturated rings. The molecule has 0 radical (unpaired) electrons. The van der Waals surface area contributed by atoms with E-state index in [0.717, 1.165) is 25.3 Å². The van der Waals surface area contributed by atoms with Crippen LogP contribution in [0.2, 0.25) is 0 Å². The Balaban J connectivity index is 1.50. The molecule has 0 bridgehead atoms. The summed E-state index contributed by atoms with van der Waals surface area (Å²) in [6.07, 6.45) is 4.26. The molecular weight excluding hydrogens is 395 g/mol. The van der Waals surface area contributed by atoms with Crippen molar-refractivity contribution in [3.05, 3.63) is 57.7 Å². The van der Waals surface area contributed by atoms with Crippen molar-refractivity contribution >= 4 is 39.1 Å². The summed E-state index contributed by atoms with van der Waals surface area (Å²) in [6.45, 7) is 1.04. The number of hydrogen-bond acceptors (Lipinski definition) is 5. The maximum absolute atomic E-state index is 14.0. The summed E-state index contributed by atoms with van der Waals surface area (Å²) in [7, 11) is 0. The minimum atomic E-state index is -0.609. The molecule has 2 aromatic heterocycles. The van der Waals surface area contributed by atoms with Crippen molar-refractivity contribution in [2.24, 2.45) is 0 Å². The van der Waals surface area contributed by atoms with Crippen LogP contribution >= 0.6 is 11.3 Å². The predicted octanol–water partition coefficient (Wildman–Crippen LogP) is 2.86. The molecule has 1 saturated heterocycles. The number of carbonyl (C=O) groups is 2. The van der Waals surface area contributed by atoms with Crippen molar-refractivity contribution in [2.75, 3.05) is 18.4 Å². The molecule has 0 saturated carbocycles. The van der Waals surface area contributed by atoms with E-state index in [2.05, 4.69) is 10.3 Å². The van der Waals surface area contributed by atoms with Crippen LogP contribution in [0.1, 0.15) is 29.6 Å². The number of fused-ring (bicyclic) bond motifs is 1. The van der Waals surface area contributed by atoms with E-state index < -0.39 is 11.7 Å². The molecule has 2 amide bonds. The minimum Gasteiger partial charge on any atom is -0.339 e. The van der Waals surface area contributed by atoms with Gasteiger partial charge in [-0.05, 0) is 48.9 Å². The summed E-state index contributed by atoms with van der Waals surface area (Å²) in [5.41, 5.74) is 0.651. The van der Waals surface area contributed by atoms with E-state index in [1.165, 1.54) is 34.4 Å². The number of anilines is 1. The fourth-order valence-corrected chi connectivity index (χ4v) is 4.20. The van der Waals surface area contributed by atoms with Gasteiger partial charge in [-0.3, -0.25) is 19.0 Å². The zero-order valence-corrected chi connectivity index (χ0v) is 16.4. The first-order chi connectivity index (χ1) is 14.0. The topological polar surface area (TPSA) is 84.3 Å². The molecule has 150 valence electrons. The fraction of sp³-hybridized carbons (Fsp3) is 0.300. The van der Waals surface area contributed by atoms with Crippen LogP contribution in [0, 0.1) is 5.82 Å². The molecule has 0 atom stereocenters. The van der Waals surface area contributed by atoms with Crippen LogP contribution in [0.5, 0.6) is 0 Å². The molecule has 3 aromatic rings. The summed E-state index contributed by atoms with van der Waals surface area (Å²) < 4.78 is 15.7. The van der Waals surface area contributed by atoms with Crippen LogP contribution in [-0.2, 0) is 11.3 Å². The van der Waals surface area contributed by atoms with Crippen molar-refractivity contribution in [2.45, 2.75) is 25.8 Å². The van der Waals surface area contributed by atoms with Gasteiger partial charge in [-0.1, -0.05) is 0 Å². The molecule has 3 heterocycles. The van der Waals surface area contributed by atoms with E-state index in [4.69, 9.17) is 0 Å². The SMILES string of the molecule is O=C(Cn1cnc2ccsc2c1=O)Nc1cc(F)cc(C(=O)N2CCCCC2)c1. The second-order valence-electron chi connectivity index (χ2n) is 6.94. The van der Waals surface area contributed by atoms with Crippen molar-refractivity contribution in [3.8, 4) is 0 Å². The molecule has 1 aliphatic heterocycles. The quantitative estimate of drug-likeness (QED) is 0.712. The zero-order valence-electron chi connectivity index (χ0n) is 15.6. The summed E-state index contributed by atoms with van der Waals surface area (Å²) in [6, 6.07) is 5.51. The highest BCUT2D eigenvalue weighted by Crippen LogP contribution is 2.19. The Morgan fingerprint density at radius 2 is 1.97 bits per heavy atom. The number of likely N-dealkylation sites (tertiary alicyclic amines) is 1. The van der Waals surface area contributed by atoms with Crippen molar-refractivity contribution < 1.29 is 14.0 Å². The molecule has 29 heavy (non-hydrogen) atoms. The third-order valence-electron chi connectivity index (χ3n) is 4.82. The third-order valence-corrected chi connectivity index (χ3v) is 5.71. The normalized spacial score (nSPS) is 14.2. The van der Waals surface area contributed by atoms with E-state index in [1.807, 2.05) is 0 Å². The van der Waals surface area contributed by atoms with E-state index in [1.54, 1.807) is 16.3 Å². The van der Waals surface area contributed by atoms with Gasteiger partial charge >= 0.3 is 0 Å². The number of carbonyl (C=O) groups excluding carboxylic acids is 2. The summed E-state index contributed by atoms with van der Waals surface area (Å²) in [5.74, 6) is -1.36. The lowest BCUT2D eigenvalue weighted by molar-refractivity contribution is -0.116. The van der Waals surface area contributed by atoms with Crippen LogP contribution in [0.25, 0.3) is 10.2 Å². The first kappa shape index (κ1) is 19.3. The number of thiophene rings is 1. The van der Waals surface area contributed by atoms with E-state index in [9.17, 15) is 18.8 Å². The Morgan fingerprint density at radius 3 is 2.76 bits per heavy atom. The molecule has 0 unspecified atom stereocenters. The molecule has 9 heteroatoms. The molecule has 1 aliphatic rings. The number of aromatic nitrogens is 2. The number of nitrogens with zero attached hydrogens (tertiary/aromatic N) is 3. The summed E-state index contributed by atoms with van der Waals surface area (Å²) in [4.78, 5) is 43.2.